The lowest BCUT2D eigenvalue weighted by Gasteiger charge is -2.18. The maximum Gasteiger partial charge on any atom is 0.256 e. The minimum absolute atomic E-state index is 0.129. The fraction of sp³-hybridized carbons (Fsp3) is 0.263. The number of imide groups is 1. The van der Waals surface area contributed by atoms with Crippen LogP contribution in [0.15, 0.2) is 42.5 Å². The van der Waals surface area contributed by atoms with Crippen molar-refractivity contribution in [2.24, 2.45) is 0 Å². The quantitative estimate of drug-likeness (QED) is 0.878. The molecular weight excluding hydrogens is 304 g/mol. The molecule has 1 saturated heterocycles. The number of nitrogens with zero attached hydrogens (tertiary/aromatic N) is 1. The molecule has 2 aromatic rings. The molecule has 1 heterocycles. The van der Waals surface area contributed by atoms with Crippen molar-refractivity contribution >= 4 is 23.2 Å². The van der Waals surface area contributed by atoms with E-state index in [9.17, 15) is 9.59 Å². The normalized spacial score (nSPS) is 17.3. The summed E-state index contributed by atoms with van der Waals surface area (Å²) in [5.74, 6) is 0.205. The van der Waals surface area contributed by atoms with Crippen LogP contribution in [-0.4, -0.2) is 25.0 Å². The smallest absolute Gasteiger partial charge is 0.256 e. The number of ether oxygens (including phenoxy) is 1. The third-order valence-corrected chi connectivity index (χ3v) is 4.05. The topological polar surface area (TPSA) is 58.6 Å². The van der Waals surface area contributed by atoms with E-state index in [-0.39, 0.29) is 18.2 Å². The molecule has 24 heavy (non-hydrogen) atoms. The molecule has 5 heteroatoms. The molecule has 2 aromatic carbocycles. The molecule has 0 spiro atoms. The maximum atomic E-state index is 12.7. The van der Waals surface area contributed by atoms with Crippen molar-refractivity contribution in [2.45, 2.75) is 26.3 Å². The Kier molecular flexibility index (Phi) is 4.25. The Balaban J connectivity index is 1.86. The highest BCUT2D eigenvalue weighted by Crippen LogP contribution is 2.29. The highest BCUT2D eigenvalue weighted by Gasteiger charge is 2.39. The highest BCUT2D eigenvalue weighted by molar-refractivity contribution is 6.23. The first-order chi connectivity index (χ1) is 11.5. The molecule has 1 atom stereocenters. The fourth-order valence-electron chi connectivity index (χ4n) is 3.05. The molecule has 1 N–H and O–H groups in total. The Morgan fingerprint density at radius 2 is 1.75 bits per heavy atom. The van der Waals surface area contributed by atoms with E-state index in [1.807, 2.05) is 56.3 Å². The largest absolute Gasteiger partial charge is 0.495 e. The standard InChI is InChI=1S/C19H20N2O3/c1-12-8-13(2)10-14(9-12)21-18(22)11-16(19(21)23)20-15-6-4-5-7-17(15)24-3/h4-10,16,20H,11H2,1-3H3. The first-order valence-electron chi connectivity index (χ1n) is 7.84. The van der Waals surface area contributed by atoms with E-state index in [0.29, 0.717) is 17.1 Å². The van der Waals surface area contributed by atoms with Crippen LogP contribution < -0.4 is 15.0 Å². The van der Waals surface area contributed by atoms with Gasteiger partial charge in [-0.15, -0.1) is 0 Å². The second-order valence-corrected chi connectivity index (χ2v) is 6.01. The van der Waals surface area contributed by atoms with E-state index in [4.69, 9.17) is 4.74 Å². The van der Waals surface area contributed by atoms with E-state index in [2.05, 4.69) is 5.32 Å². The Morgan fingerprint density at radius 3 is 2.42 bits per heavy atom. The maximum absolute atomic E-state index is 12.7. The third kappa shape index (κ3) is 2.97. The zero-order valence-electron chi connectivity index (χ0n) is 14.0. The van der Waals surface area contributed by atoms with E-state index < -0.39 is 6.04 Å². The van der Waals surface area contributed by atoms with Gasteiger partial charge < -0.3 is 10.1 Å². The first-order valence-corrected chi connectivity index (χ1v) is 7.84. The SMILES string of the molecule is COc1ccccc1NC1CC(=O)N(c2cc(C)cc(C)c2)C1=O. The van der Waals surface area contributed by atoms with Gasteiger partial charge in [0.25, 0.3) is 5.91 Å². The number of para-hydroxylation sites is 2. The van der Waals surface area contributed by atoms with E-state index in [1.165, 1.54) is 4.90 Å². The van der Waals surface area contributed by atoms with Crippen LogP contribution >= 0.6 is 0 Å². The zero-order valence-corrected chi connectivity index (χ0v) is 14.0. The van der Waals surface area contributed by atoms with Crippen molar-refractivity contribution in [3.63, 3.8) is 0 Å². The molecular formula is C19H20N2O3. The molecule has 1 aliphatic rings. The number of rotatable bonds is 4. The van der Waals surface area contributed by atoms with Gasteiger partial charge >= 0.3 is 0 Å². The lowest BCUT2D eigenvalue weighted by atomic mass is 10.1. The summed E-state index contributed by atoms with van der Waals surface area (Å²) in [6, 6.07) is 12.5. The minimum atomic E-state index is -0.588. The molecule has 3 rings (SSSR count). The number of amides is 2. The van der Waals surface area contributed by atoms with Gasteiger partial charge in [-0.2, -0.15) is 0 Å². The summed E-state index contributed by atoms with van der Waals surface area (Å²) in [5.41, 5.74) is 3.37. The first kappa shape index (κ1) is 16.1. The number of carbonyl (C=O) groups is 2. The highest BCUT2D eigenvalue weighted by atomic mass is 16.5. The molecule has 0 aromatic heterocycles. The summed E-state index contributed by atoms with van der Waals surface area (Å²) in [6.07, 6.45) is 0.129. The van der Waals surface area contributed by atoms with Gasteiger partial charge in [0.05, 0.1) is 24.9 Å². The molecule has 2 amide bonds. The number of anilines is 2. The summed E-state index contributed by atoms with van der Waals surface area (Å²) in [4.78, 5) is 26.4. The Morgan fingerprint density at radius 1 is 1.08 bits per heavy atom. The minimum Gasteiger partial charge on any atom is -0.495 e. The van der Waals surface area contributed by atoms with Crippen molar-refractivity contribution in [3.05, 3.63) is 53.6 Å². The molecule has 0 saturated carbocycles. The monoisotopic (exact) mass is 324 g/mol. The average Bonchev–Trinajstić information content (AvgIpc) is 2.81. The van der Waals surface area contributed by atoms with Crippen LogP contribution in [0.3, 0.4) is 0 Å². The van der Waals surface area contributed by atoms with Gasteiger partial charge in [-0.3, -0.25) is 9.59 Å². The molecule has 1 aliphatic heterocycles. The second-order valence-electron chi connectivity index (χ2n) is 6.01. The van der Waals surface area contributed by atoms with Crippen LogP contribution in [0, 0.1) is 13.8 Å². The number of benzene rings is 2. The van der Waals surface area contributed by atoms with Gasteiger partial charge in [0.2, 0.25) is 5.91 Å². The van der Waals surface area contributed by atoms with Crippen molar-refractivity contribution < 1.29 is 14.3 Å². The van der Waals surface area contributed by atoms with Gasteiger partial charge in [-0.05, 0) is 49.2 Å². The number of carbonyl (C=O) groups excluding carboxylic acids is 2. The zero-order chi connectivity index (χ0) is 17.3. The molecule has 0 bridgehead atoms. The number of hydrogen-bond donors (Lipinski definition) is 1. The predicted molar refractivity (Wildman–Crippen MR) is 93.4 cm³/mol. The van der Waals surface area contributed by atoms with Gasteiger partial charge in [0.1, 0.15) is 11.8 Å². The van der Waals surface area contributed by atoms with Crippen molar-refractivity contribution in [2.75, 3.05) is 17.3 Å². The Labute approximate surface area is 141 Å². The molecule has 5 nitrogen and oxygen atoms in total. The number of hydrogen-bond acceptors (Lipinski definition) is 4. The van der Waals surface area contributed by atoms with E-state index in [0.717, 1.165) is 11.1 Å². The van der Waals surface area contributed by atoms with Crippen molar-refractivity contribution in [1.29, 1.82) is 0 Å². The summed E-state index contributed by atoms with van der Waals surface area (Å²) in [6.45, 7) is 3.90. The van der Waals surface area contributed by atoms with Crippen LogP contribution in [-0.2, 0) is 9.59 Å². The molecule has 124 valence electrons. The van der Waals surface area contributed by atoms with E-state index >= 15 is 0 Å². The van der Waals surface area contributed by atoms with Crippen LogP contribution in [0.1, 0.15) is 17.5 Å². The lowest BCUT2D eigenvalue weighted by molar-refractivity contribution is -0.121. The summed E-state index contributed by atoms with van der Waals surface area (Å²) >= 11 is 0. The summed E-state index contributed by atoms with van der Waals surface area (Å²) < 4.78 is 5.29. The van der Waals surface area contributed by atoms with Gasteiger partial charge in [-0.25, -0.2) is 4.90 Å². The lowest BCUT2D eigenvalue weighted by Crippen LogP contribution is -2.35. The summed E-state index contributed by atoms with van der Waals surface area (Å²) in [5, 5.41) is 3.13. The fourth-order valence-corrected chi connectivity index (χ4v) is 3.05. The Hall–Kier alpha value is -2.82. The second kappa shape index (κ2) is 6.35. The van der Waals surface area contributed by atoms with Crippen LogP contribution in [0.25, 0.3) is 0 Å². The van der Waals surface area contributed by atoms with Gasteiger partial charge in [0, 0.05) is 0 Å². The number of aryl methyl sites for hydroxylation is 2. The van der Waals surface area contributed by atoms with Gasteiger partial charge in [0.15, 0.2) is 0 Å². The number of methoxy groups -OCH3 is 1. The predicted octanol–water partition coefficient (Wildman–Crippen LogP) is 3.06. The van der Waals surface area contributed by atoms with Crippen molar-refractivity contribution in [3.8, 4) is 5.75 Å². The molecule has 0 radical (unpaired) electrons. The van der Waals surface area contributed by atoms with E-state index in [1.54, 1.807) is 7.11 Å². The molecule has 1 unspecified atom stereocenters. The van der Waals surface area contributed by atoms with Crippen LogP contribution in [0.2, 0.25) is 0 Å². The van der Waals surface area contributed by atoms with Crippen LogP contribution in [0.5, 0.6) is 5.75 Å². The molecule has 1 fully saturated rings. The third-order valence-electron chi connectivity index (χ3n) is 4.05. The Bertz CT molecular complexity index is 781. The van der Waals surface area contributed by atoms with Crippen molar-refractivity contribution in [1.82, 2.24) is 0 Å². The number of nitrogens with one attached hydrogen (secondary N) is 1. The van der Waals surface area contributed by atoms with Crippen LogP contribution in [0.4, 0.5) is 11.4 Å². The molecule has 0 aliphatic carbocycles. The average molecular weight is 324 g/mol. The van der Waals surface area contributed by atoms with Gasteiger partial charge in [-0.1, -0.05) is 18.2 Å². The summed E-state index contributed by atoms with van der Waals surface area (Å²) in [7, 11) is 1.57.